The van der Waals surface area contributed by atoms with Gasteiger partial charge in [-0.05, 0) is 36.0 Å². The van der Waals surface area contributed by atoms with Crippen LogP contribution in [0.2, 0.25) is 5.02 Å². The van der Waals surface area contributed by atoms with Gasteiger partial charge in [0.1, 0.15) is 0 Å². The van der Waals surface area contributed by atoms with Crippen LogP contribution in [0.25, 0.3) is 0 Å². The first-order valence-corrected chi connectivity index (χ1v) is 6.67. The van der Waals surface area contributed by atoms with Crippen LogP contribution in [-0.2, 0) is 0 Å². The molecule has 2 N–H and O–H groups in total. The summed E-state index contributed by atoms with van der Waals surface area (Å²) in [6, 6.07) is 5.86. The van der Waals surface area contributed by atoms with E-state index in [2.05, 4.69) is 36.7 Å². The molecule has 0 heterocycles. The fourth-order valence-corrected chi connectivity index (χ4v) is 2.52. The van der Waals surface area contributed by atoms with Gasteiger partial charge in [0.05, 0.1) is 0 Å². The molecule has 1 rings (SSSR count). The molecule has 0 aliphatic carbocycles. The van der Waals surface area contributed by atoms with E-state index in [-0.39, 0.29) is 6.04 Å². The van der Waals surface area contributed by atoms with Crippen LogP contribution in [0.4, 0.5) is 0 Å². The molecule has 90 valence electrons. The summed E-state index contributed by atoms with van der Waals surface area (Å²) in [5.41, 5.74) is 7.64. The van der Waals surface area contributed by atoms with Crippen LogP contribution in [-0.4, -0.2) is 0 Å². The molecule has 16 heavy (non-hydrogen) atoms. The maximum absolute atomic E-state index is 6.18. The monoisotopic (exact) mass is 303 g/mol. The SMILES string of the molecule is CC(C)(C)CCC(N)c1ccc(Cl)cc1Br. The Hall–Kier alpha value is -0.0500. The Bertz CT molecular complexity index is 357. The Morgan fingerprint density at radius 3 is 2.50 bits per heavy atom. The van der Waals surface area contributed by atoms with Gasteiger partial charge in [-0.25, -0.2) is 0 Å². The lowest BCUT2D eigenvalue weighted by Crippen LogP contribution is -2.15. The van der Waals surface area contributed by atoms with Crippen LogP contribution >= 0.6 is 27.5 Å². The summed E-state index contributed by atoms with van der Waals surface area (Å²) in [6.07, 6.45) is 2.10. The highest BCUT2D eigenvalue weighted by Gasteiger charge is 2.15. The van der Waals surface area contributed by atoms with E-state index >= 15 is 0 Å². The van der Waals surface area contributed by atoms with Gasteiger partial charge in [0.25, 0.3) is 0 Å². The number of benzene rings is 1. The third kappa shape index (κ3) is 4.44. The third-order valence-corrected chi connectivity index (χ3v) is 3.49. The van der Waals surface area contributed by atoms with E-state index in [1.165, 1.54) is 0 Å². The largest absolute Gasteiger partial charge is 0.324 e. The van der Waals surface area contributed by atoms with Crippen LogP contribution in [0.15, 0.2) is 22.7 Å². The van der Waals surface area contributed by atoms with Crippen molar-refractivity contribution in [2.45, 2.75) is 39.7 Å². The molecule has 1 atom stereocenters. The van der Waals surface area contributed by atoms with Gasteiger partial charge in [-0.3, -0.25) is 0 Å². The zero-order valence-corrected chi connectivity index (χ0v) is 12.4. The van der Waals surface area contributed by atoms with Crippen LogP contribution in [0.5, 0.6) is 0 Å². The normalized spacial score (nSPS) is 13.9. The minimum absolute atomic E-state index is 0.0749. The van der Waals surface area contributed by atoms with Crippen molar-refractivity contribution in [1.82, 2.24) is 0 Å². The highest BCUT2D eigenvalue weighted by atomic mass is 79.9. The Kier molecular flexibility index (Phi) is 4.84. The second-order valence-electron chi connectivity index (χ2n) is 5.37. The summed E-state index contributed by atoms with van der Waals surface area (Å²) in [5, 5.41) is 0.735. The minimum atomic E-state index is 0.0749. The van der Waals surface area contributed by atoms with Crippen LogP contribution in [0.1, 0.15) is 45.2 Å². The van der Waals surface area contributed by atoms with E-state index in [9.17, 15) is 0 Å². The topological polar surface area (TPSA) is 26.0 Å². The first kappa shape index (κ1) is 14.0. The molecule has 3 heteroatoms. The molecule has 0 aliphatic rings. The molecular weight excluding hydrogens is 286 g/mol. The van der Waals surface area contributed by atoms with Gasteiger partial charge in [0, 0.05) is 15.5 Å². The zero-order valence-electron chi connectivity index (χ0n) is 10.1. The second kappa shape index (κ2) is 5.52. The number of nitrogens with two attached hydrogens (primary N) is 1. The predicted octanol–water partition coefficient (Wildman–Crippen LogP) is 4.93. The van der Waals surface area contributed by atoms with Gasteiger partial charge in [-0.1, -0.05) is 54.4 Å². The van der Waals surface area contributed by atoms with Crippen molar-refractivity contribution in [1.29, 1.82) is 0 Å². The first-order valence-electron chi connectivity index (χ1n) is 5.50. The summed E-state index contributed by atoms with van der Waals surface area (Å²) in [7, 11) is 0. The fraction of sp³-hybridized carbons (Fsp3) is 0.538. The van der Waals surface area contributed by atoms with E-state index in [1.54, 1.807) is 0 Å². The maximum Gasteiger partial charge on any atom is 0.0417 e. The highest BCUT2D eigenvalue weighted by molar-refractivity contribution is 9.10. The van der Waals surface area contributed by atoms with E-state index in [0.717, 1.165) is 27.9 Å². The zero-order chi connectivity index (χ0) is 12.3. The number of hydrogen-bond acceptors (Lipinski definition) is 1. The number of halogens is 2. The molecule has 1 aromatic carbocycles. The quantitative estimate of drug-likeness (QED) is 0.842. The summed E-state index contributed by atoms with van der Waals surface area (Å²) in [4.78, 5) is 0. The summed E-state index contributed by atoms with van der Waals surface area (Å²) in [6.45, 7) is 6.70. The highest BCUT2D eigenvalue weighted by Crippen LogP contribution is 2.30. The molecule has 0 aromatic heterocycles. The van der Waals surface area contributed by atoms with Gasteiger partial charge in [0.15, 0.2) is 0 Å². The van der Waals surface area contributed by atoms with Crippen LogP contribution in [0.3, 0.4) is 0 Å². The lowest BCUT2D eigenvalue weighted by Gasteiger charge is -2.21. The molecule has 0 saturated heterocycles. The molecular formula is C13H19BrClN. The molecule has 0 aliphatic heterocycles. The Labute approximate surface area is 111 Å². The van der Waals surface area contributed by atoms with E-state index < -0.39 is 0 Å². The molecule has 0 spiro atoms. The number of rotatable bonds is 3. The molecule has 1 nitrogen and oxygen atoms in total. The number of hydrogen-bond donors (Lipinski definition) is 1. The summed E-state index contributed by atoms with van der Waals surface area (Å²) < 4.78 is 1.00. The Balaban J connectivity index is 2.70. The van der Waals surface area contributed by atoms with E-state index in [1.807, 2.05) is 18.2 Å². The smallest absolute Gasteiger partial charge is 0.0417 e. The summed E-state index contributed by atoms with van der Waals surface area (Å²) >= 11 is 9.40. The molecule has 0 fully saturated rings. The molecule has 0 bridgehead atoms. The molecule has 0 saturated carbocycles. The van der Waals surface area contributed by atoms with Crippen molar-refractivity contribution in [2.75, 3.05) is 0 Å². The van der Waals surface area contributed by atoms with Gasteiger partial charge < -0.3 is 5.73 Å². The van der Waals surface area contributed by atoms with E-state index in [0.29, 0.717) is 5.41 Å². The summed E-state index contributed by atoms with van der Waals surface area (Å²) in [5.74, 6) is 0. The van der Waals surface area contributed by atoms with E-state index in [4.69, 9.17) is 17.3 Å². The van der Waals surface area contributed by atoms with Gasteiger partial charge in [0.2, 0.25) is 0 Å². The average Bonchev–Trinajstić information content (AvgIpc) is 2.13. The molecule has 0 amide bonds. The van der Waals surface area contributed by atoms with Crippen molar-refractivity contribution in [3.05, 3.63) is 33.3 Å². The Morgan fingerprint density at radius 2 is 2.00 bits per heavy atom. The molecule has 0 radical (unpaired) electrons. The maximum atomic E-state index is 6.18. The van der Waals surface area contributed by atoms with Crippen molar-refractivity contribution in [3.8, 4) is 0 Å². The predicted molar refractivity (Wildman–Crippen MR) is 74.8 cm³/mol. The fourth-order valence-electron chi connectivity index (χ4n) is 1.55. The lowest BCUT2D eigenvalue weighted by atomic mass is 9.87. The Morgan fingerprint density at radius 1 is 1.38 bits per heavy atom. The van der Waals surface area contributed by atoms with Crippen LogP contribution in [0, 0.1) is 5.41 Å². The van der Waals surface area contributed by atoms with Crippen molar-refractivity contribution in [2.24, 2.45) is 11.1 Å². The standard InChI is InChI=1S/C13H19BrClN/c1-13(2,3)7-6-12(16)10-5-4-9(15)8-11(10)14/h4-5,8,12H,6-7,16H2,1-3H3. The van der Waals surface area contributed by atoms with Gasteiger partial charge >= 0.3 is 0 Å². The van der Waals surface area contributed by atoms with Crippen molar-refractivity contribution in [3.63, 3.8) is 0 Å². The molecule has 1 aromatic rings. The minimum Gasteiger partial charge on any atom is -0.324 e. The third-order valence-electron chi connectivity index (χ3n) is 2.57. The van der Waals surface area contributed by atoms with Crippen LogP contribution < -0.4 is 5.73 Å². The van der Waals surface area contributed by atoms with Crippen molar-refractivity contribution >= 4 is 27.5 Å². The van der Waals surface area contributed by atoms with Crippen molar-refractivity contribution < 1.29 is 0 Å². The second-order valence-corrected chi connectivity index (χ2v) is 6.66. The molecule has 1 unspecified atom stereocenters. The average molecular weight is 305 g/mol. The first-order chi connectivity index (χ1) is 7.29. The van der Waals surface area contributed by atoms with Gasteiger partial charge in [-0.2, -0.15) is 0 Å². The lowest BCUT2D eigenvalue weighted by molar-refractivity contribution is 0.349. The van der Waals surface area contributed by atoms with Gasteiger partial charge in [-0.15, -0.1) is 0 Å².